The normalized spacial score (nSPS) is 13.3. The van der Waals surface area contributed by atoms with Gasteiger partial charge in [-0.25, -0.2) is 0 Å². The summed E-state index contributed by atoms with van der Waals surface area (Å²) in [6.07, 6.45) is -0.581. The predicted octanol–water partition coefficient (Wildman–Crippen LogP) is 1.57. The summed E-state index contributed by atoms with van der Waals surface area (Å²) in [5.74, 6) is -0.178. The molecule has 3 N–H and O–H groups in total. The van der Waals surface area contributed by atoms with E-state index in [9.17, 15) is 4.79 Å². The summed E-state index contributed by atoms with van der Waals surface area (Å²) >= 11 is 0. The Bertz CT molecular complexity index is 364. The molecule has 0 aromatic heterocycles. The third-order valence-electron chi connectivity index (χ3n) is 2.73. The van der Waals surface area contributed by atoms with Crippen molar-refractivity contribution >= 4 is 18.3 Å². The monoisotopic (exact) mass is 272 g/mol. The van der Waals surface area contributed by atoms with Crippen LogP contribution < -0.4 is 11.1 Å². The van der Waals surface area contributed by atoms with Crippen molar-refractivity contribution in [1.82, 2.24) is 5.32 Å². The standard InChI is InChI=1S/C13H20N2O2.ClH/c1-9-4-6-11(7-5-9)10(2)15-13(16)12(8-14)17-3;/h4-7,10,12H,8,14H2,1-3H3,(H,15,16);1H. The second-order valence-electron chi connectivity index (χ2n) is 4.10. The second kappa shape index (κ2) is 8.08. The van der Waals surface area contributed by atoms with Crippen LogP contribution in [0.4, 0.5) is 0 Å². The summed E-state index contributed by atoms with van der Waals surface area (Å²) in [6, 6.07) is 8.01. The third-order valence-corrected chi connectivity index (χ3v) is 2.73. The van der Waals surface area contributed by atoms with E-state index < -0.39 is 6.10 Å². The summed E-state index contributed by atoms with van der Waals surface area (Å²) in [4.78, 5) is 11.7. The van der Waals surface area contributed by atoms with Gasteiger partial charge < -0.3 is 15.8 Å². The van der Waals surface area contributed by atoms with E-state index in [1.54, 1.807) is 0 Å². The number of carbonyl (C=O) groups is 1. The molecule has 1 rings (SSSR count). The highest BCUT2D eigenvalue weighted by atomic mass is 35.5. The van der Waals surface area contributed by atoms with Gasteiger partial charge in [-0.3, -0.25) is 4.79 Å². The Balaban J connectivity index is 0.00000289. The maximum absolute atomic E-state index is 11.7. The van der Waals surface area contributed by atoms with E-state index in [1.165, 1.54) is 12.7 Å². The average Bonchev–Trinajstić information content (AvgIpc) is 2.31. The zero-order chi connectivity index (χ0) is 12.8. The number of hydrogen-bond donors (Lipinski definition) is 2. The Labute approximate surface area is 114 Å². The number of amides is 1. The van der Waals surface area contributed by atoms with Gasteiger partial charge in [0.05, 0.1) is 6.04 Å². The molecule has 1 aromatic carbocycles. The van der Waals surface area contributed by atoms with Crippen LogP contribution in [0.15, 0.2) is 24.3 Å². The van der Waals surface area contributed by atoms with Crippen molar-refractivity contribution < 1.29 is 9.53 Å². The van der Waals surface area contributed by atoms with E-state index in [0.717, 1.165) is 5.56 Å². The molecule has 0 radical (unpaired) electrons. The summed E-state index contributed by atoms with van der Waals surface area (Å²) in [6.45, 7) is 4.15. The molecular formula is C13H21ClN2O2. The Morgan fingerprint density at radius 1 is 1.39 bits per heavy atom. The van der Waals surface area contributed by atoms with Crippen LogP contribution in [0.1, 0.15) is 24.1 Å². The van der Waals surface area contributed by atoms with Crippen LogP contribution in [-0.4, -0.2) is 25.7 Å². The van der Waals surface area contributed by atoms with E-state index in [1.807, 2.05) is 38.1 Å². The largest absolute Gasteiger partial charge is 0.370 e. The number of aryl methyl sites for hydroxylation is 1. The number of ether oxygens (including phenoxy) is 1. The van der Waals surface area contributed by atoms with Crippen LogP contribution in [0.2, 0.25) is 0 Å². The van der Waals surface area contributed by atoms with E-state index >= 15 is 0 Å². The number of rotatable bonds is 5. The molecule has 0 spiro atoms. The maximum atomic E-state index is 11.7. The fourth-order valence-electron chi connectivity index (χ4n) is 1.56. The molecular weight excluding hydrogens is 252 g/mol. The molecule has 0 saturated carbocycles. The Morgan fingerprint density at radius 3 is 2.39 bits per heavy atom. The number of benzene rings is 1. The molecule has 102 valence electrons. The van der Waals surface area contributed by atoms with Crippen molar-refractivity contribution in [1.29, 1.82) is 0 Å². The number of methoxy groups -OCH3 is 1. The average molecular weight is 273 g/mol. The molecule has 0 heterocycles. The van der Waals surface area contributed by atoms with E-state index in [4.69, 9.17) is 10.5 Å². The van der Waals surface area contributed by atoms with E-state index in [2.05, 4.69) is 5.32 Å². The molecule has 4 nitrogen and oxygen atoms in total. The lowest BCUT2D eigenvalue weighted by molar-refractivity contribution is -0.131. The predicted molar refractivity (Wildman–Crippen MR) is 74.8 cm³/mol. The summed E-state index contributed by atoms with van der Waals surface area (Å²) in [5.41, 5.74) is 7.70. The molecule has 5 heteroatoms. The quantitative estimate of drug-likeness (QED) is 0.855. The fraction of sp³-hybridized carbons (Fsp3) is 0.462. The minimum Gasteiger partial charge on any atom is -0.370 e. The van der Waals surface area contributed by atoms with Crippen molar-refractivity contribution in [3.8, 4) is 0 Å². The van der Waals surface area contributed by atoms with Gasteiger partial charge in [-0.05, 0) is 19.4 Å². The van der Waals surface area contributed by atoms with Crippen molar-refractivity contribution in [2.45, 2.75) is 26.0 Å². The molecule has 0 bridgehead atoms. The lowest BCUT2D eigenvalue weighted by atomic mass is 10.1. The molecule has 1 amide bonds. The zero-order valence-electron chi connectivity index (χ0n) is 11.0. The molecule has 0 saturated heterocycles. The van der Waals surface area contributed by atoms with Crippen molar-refractivity contribution in [3.05, 3.63) is 35.4 Å². The number of nitrogens with two attached hydrogens (primary N) is 1. The van der Waals surface area contributed by atoms with Gasteiger partial charge in [0.15, 0.2) is 0 Å². The highest BCUT2D eigenvalue weighted by Gasteiger charge is 2.18. The first-order chi connectivity index (χ1) is 8.08. The molecule has 1 aromatic rings. The molecule has 2 atom stereocenters. The van der Waals surface area contributed by atoms with Crippen LogP contribution in [0.3, 0.4) is 0 Å². The summed E-state index contributed by atoms with van der Waals surface area (Å²) in [5, 5.41) is 2.87. The van der Waals surface area contributed by atoms with Gasteiger partial charge in [-0.1, -0.05) is 29.8 Å². The summed E-state index contributed by atoms with van der Waals surface area (Å²) < 4.78 is 4.98. The van der Waals surface area contributed by atoms with Gasteiger partial charge in [-0.15, -0.1) is 12.4 Å². The van der Waals surface area contributed by atoms with E-state index in [0.29, 0.717) is 0 Å². The van der Waals surface area contributed by atoms with Crippen molar-refractivity contribution in [2.75, 3.05) is 13.7 Å². The number of nitrogens with one attached hydrogen (secondary N) is 1. The van der Waals surface area contributed by atoms with Crippen molar-refractivity contribution in [3.63, 3.8) is 0 Å². The molecule has 2 unspecified atom stereocenters. The highest BCUT2D eigenvalue weighted by molar-refractivity contribution is 5.85. The van der Waals surface area contributed by atoms with Gasteiger partial charge in [0.2, 0.25) is 0 Å². The topological polar surface area (TPSA) is 64.3 Å². The first-order valence-electron chi connectivity index (χ1n) is 5.68. The Morgan fingerprint density at radius 2 is 1.94 bits per heavy atom. The van der Waals surface area contributed by atoms with Crippen molar-refractivity contribution in [2.24, 2.45) is 5.73 Å². The molecule has 0 fully saturated rings. The van der Waals surface area contributed by atoms with Gasteiger partial charge in [0.1, 0.15) is 6.10 Å². The number of carbonyl (C=O) groups excluding carboxylic acids is 1. The van der Waals surface area contributed by atoms with Gasteiger partial charge in [0, 0.05) is 13.7 Å². The van der Waals surface area contributed by atoms with Crippen LogP contribution in [0, 0.1) is 6.92 Å². The Hall–Kier alpha value is -1.10. The minimum absolute atomic E-state index is 0. The number of halogens is 1. The van der Waals surface area contributed by atoms with Gasteiger partial charge in [-0.2, -0.15) is 0 Å². The maximum Gasteiger partial charge on any atom is 0.250 e. The van der Waals surface area contributed by atoms with Gasteiger partial charge in [0.25, 0.3) is 5.91 Å². The molecule has 0 aliphatic heterocycles. The number of hydrogen-bond acceptors (Lipinski definition) is 3. The molecule has 0 aliphatic carbocycles. The summed E-state index contributed by atoms with van der Waals surface area (Å²) in [7, 11) is 1.48. The molecule has 0 aliphatic rings. The van der Waals surface area contributed by atoms with E-state index in [-0.39, 0.29) is 30.9 Å². The first kappa shape index (κ1) is 16.9. The van der Waals surface area contributed by atoms with Crippen LogP contribution in [-0.2, 0) is 9.53 Å². The lowest BCUT2D eigenvalue weighted by Crippen LogP contribution is -2.41. The van der Waals surface area contributed by atoms with Gasteiger partial charge >= 0.3 is 0 Å². The minimum atomic E-state index is -0.581. The van der Waals surface area contributed by atoms with Crippen LogP contribution in [0.5, 0.6) is 0 Å². The van der Waals surface area contributed by atoms with Crippen LogP contribution >= 0.6 is 12.4 Å². The highest BCUT2D eigenvalue weighted by Crippen LogP contribution is 2.13. The lowest BCUT2D eigenvalue weighted by Gasteiger charge is -2.18. The van der Waals surface area contributed by atoms with Crippen LogP contribution in [0.25, 0.3) is 0 Å². The zero-order valence-corrected chi connectivity index (χ0v) is 11.8. The second-order valence-corrected chi connectivity index (χ2v) is 4.10. The molecule has 18 heavy (non-hydrogen) atoms. The SMILES string of the molecule is COC(CN)C(=O)NC(C)c1ccc(C)cc1.Cl. The third kappa shape index (κ3) is 4.64. The smallest absolute Gasteiger partial charge is 0.250 e. The fourth-order valence-corrected chi connectivity index (χ4v) is 1.56. The Kier molecular flexibility index (Phi) is 7.59. The first-order valence-corrected chi connectivity index (χ1v) is 5.68.